The van der Waals surface area contributed by atoms with E-state index in [2.05, 4.69) is 36.1 Å². The lowest BCUT2D eigenvalue weighted by molar-refractivity contribution is 0.118. The molecule has 0 aliphatic heterocycles. The van der Waals surface area contributed by atoms with Gasteiger partial charge in [-0.05, 0) is 45.7 Å². The molecule has 0 unspecified atom stereocenters. The van der Waals surface area contributed by atoms with Crippen LogP contribution < -0.4 is 0 Å². The monoisotopic (exact) mass is 269 g/mol. The zero-order valence-corrected chi connectivity index (χ0v) is 12.2. The summed E-state index contributed by atoms with van der Waals surface area (Å²) in [5.74, 6) is 0.754. The summed E-state index contributed by atoms with van der Waals surface area (Å²) in [5, 5.41) is 4.64. The van der Waals surface area contributed by atoms with Crippen LogP contribution in [0.25, 0.3) is 0 Å². The van der Waals surface area contributed by atoms with E-state index in [1.165, 1.54) is 25.0 Å². The van der Waals surface area contributed by atoms with E-state index in [1.54, 1.807) is 0 Å². The first-order valence-electron chi connectivity index (χ1n) is 7.04. The molecule has 0 bridgehead atoms. The van der Waals surface area contributed by atoms with E-state index in [4.69, 9.17) is 11.6 Å². The van der Waals surface area contributed by atoms with E-state index in [-0.39, 0.29) is 0 Å². The van der Waals surface area contributed by atoms with Crippen molar-refractivity contribution in [2.45, 2.75) is 58.2 Å². The Balaban J connectivity index is 1.93. The van der Waals surface area contributed by atoms with Gasteiger partial charge in [0.2, 0.25) is 0 Å². The summed E-state index contributed by atoms with van der Waals surface area (Å²) in [4.78, 5) is 2.55. The molecule has 102 valence electrons. The summed E-state index contributed by atoms with van der Waals surface area (Å²) < 4.78 is 2.04. The van der Waals surface area contributed by atoms with Gasteiger partial charge >= 0.3 is 0 Å². The minimum Gasteiger partial charge on any atom is -0.294 e. The van der Waals surface area contributed by atoms with Gasteiger partial charge in [0.1, 0.15) is 0 Å². The van der Waals surface area contributed by atoms with Gasteiger partial charge in [-0.1, -0.05) is 6.42 Å². The van der Waals surface area contributed by atoms with E-state index >= 15 is 0 Å². The van der Waals surface area contributed by atoms with Crippen LogP contribution in [0.4, 0.5) is 0 Å². The van der Waals surface area contributed by atoms with Crippen molar-refractivity contribution in [3.8, 4) is 0 Å². The lowest BCUT2D eigenvalue weighted by Crippen LogP contribution is -2.40. The van der Waals surface area contributed by atoms with E-state index in [1.807, 2.05) is 4.68 Å². The topological polar surface area (TPSA) is 21.1 Å². The van der Waals surface area contributed by atoms with Gasteiger partial charge in [0.05, 0.1) is 5.69 Å². The predicted octanol–water partition coefficient (Wildman–Crippen LogP) is 3.45. The molecule has 0 saturated heterocycles. The van der Waals surface area contributed by atoms with Crippen molar-refractivity contribution in [2.24, 2.45) is 0 Å². The van der Waals surface area contributed by atoms with Gasteiger partial charge < -0.3 is 0 Å². The van der Waals surface area contributed by atoms with Crippen LogP contribution in [-0.4, -0.2) is 33.1 Å². The molecule has 1 fully saturated rings. The third-order valence-corrected chi connectivity index (χ3v) is 4.00. The Morgan fingerprint density at radius 3 is 2.78 bits per heavy atom. The molecule has 3 nitrogen and oxygen atoms in total. The fourth-order valence-electron chi connectivity index (χ4n) is 2.36. The van der Waals surface area contributed by atoms with Gasteiger partial charge in [0.25, 0.3) is 0 Å². The molecule has 1 heterocycles. The molecule has 0 spiro atoms. The molecule has 4 heteroatoms. The van der Waals surface area contributed by atoms with Gasteiger partial charge in [0, 0.05) is 30.7 Å². The smallest absolute Gasteiger partial charge is 0.0764 e. The molecule has 1 aliphatic carbocycles. The van der Waals surface area contributed by atoms with Gasteiger partial charge in [-0.25, -0.2) is 0 Å². The zero-order chi connectivity index (χ0) is 13.0. The third-order valence-electron chi connectivity index (χ3n) is 3.73. The highest BCUT2D eigenvalue weighted by Gasteiger charge is 2.25. The Morgan fingerprint density at radius 1 is 1.50 bits per heavy atom. The van der Waals surface area contributed by atoms with Crippen molar-refractivity contribution in [3.63, 3.8) is 0 Å². The molecule has 2 rings (SSSR count). The first kappa shape index (κ1) is 13.9. The minimum absolute atomic E-state index is 0.443. The lowest BCUT2D eigenvalue weighted by Gasteiger charge is -2.37. The van der Waals surface area contributed by atoms with Gasteiger partial charge in [-0.15, -0.1) is 11.6 Å². The number of alkyl halides is 1. The van der Waals surface area contributed by atoms with Crippen LogP contribution >= 0.6 is 11.6 Å². The lowest BCUT2D eigenvalue weighted by atomic mass is 9.91. The fraction of sp³-hybridized carbons (Fsp3) is 0.786. The van der Waals surface area contributed by atoms with Crippen molar-refractivity contribution in [1.29, 1.82) is 0 Å². The Labute approximate surface area is 115 Å². The quantitative estimate of drug-likeness (QED) is 0.707. The van der Waals surface area contributed by atoms with Crippen LogP contribution in [0.3, 0.4) is 0 Å². The Bertz CT molecular complexity index is 358. The number of hydrogen-bond donors (Lipinski definition) is 0. The van der Waals surface area contributed by atoms with Crippen LogP contribution in [0, 0.1) is 0 Å². The summed E-state index contributed by atoms with van der Waals surface area (Å²) >= 11 is 5.81. The van der Waals surface area contributed by atoms with Crippen molar-refractivity contribution in [1.82, 2.24) is 14.7 Å². The maximum absolute atomic E-state index is 5.81. The van der Waals surface area contributed by atoms with E-state index in [0.717, 1.165) is 31.4 Å². The first-order chi connectivity index (χ1) is 8.70. The Kier molecular flexibility index (Phi) is 5.07. The molecule has 0 N–H and O–H groups in total. The molecule has 0 atom stereocenters. The number of rotatable bonds is 7. The fourth-order valence-corrected chi connectivity index (χ4v) is 2.48. The van der Waals surface area contributed by atoms with Crippen LogP contribution in [0.1, 0.15) is 51.3 Å². The maximum Gasteiger partial charge on any atom is 0.0764 e. The van der Waals surface area contributed by atoms with Crippen LogP contribution in [0.5, 0.6) is 0 Å². The number of aromatic nitrogens is 2. The first-order valence-corrected chi connectivity index (χ1v) is 7.58. The summed E-state index contributed by atoms with van der Waals surface area (Å²) in [5.41, 5.74) is 1.19. The molecule has 1 aromatic rings. The normalized spacial score (nSPS) is 16.5. The molecule has 0 radical (unpaired) electrons. The summed E-state index contributed by atoms with van der Waals surface area (Å²) in [7, 11) is 0. The van der Waals surface area contributed by atoms with Crippen LogP contribution in [0.2, 0.25) is 0 Å². The van der Waals surface area contributed by atoms with Gasteiger partial charge in [-0.3, -0.25) is 9.58 Å². The number of nitrogens with zero attached hydrogens (tertiary/aromatic N) is 3. The number of hydrogen-bond acceptors (Lipinski definition) is 2. The van der Waals surface area contributed by atoms with E-state index in [0.29, 0.717) is 6.04 Å². The average Bonchev–Trinajstić information content (AvgIpc) is 2.72. The summed E-state index contributed by atoms with van der Waals surface area (Å²) in [6.45, 7) is 6.39. The molecule has 0 amide bonds. The standard InChI is InChI=1S/C14H24ClN3/c1-12(2)18-10-7-13(16-18)11-17(9-4-8-15)14-5-3-6-14/h7,10,12,14H,3-6,8-9,11H2,1-2H3. The van der Waals surface area contributed by atoms with Crippen molar-refractivity contribution < 1.29 is 0 Å². The molecule has 0 aromatic carbocycles. The Morgan fingerprint density at radius 2 is 2.28 bits per heavy atom. The molecule has 18 heavy (non-hydrogen) atoms. The third kappa shape index (κ3) is 3.48. The molecule has 1 saturated carbocycles. The second-order valence-corrected chi connectivity index (χ2v) is 5.86. The SMILES string of the molecule is CC(C)n1ccc(CN(CCCCl)C2CCC2)n1. The van der Waals surface area contributed by atoms with Crippen LogP contribution in [-0.2, 0) is 6.54 Å². The molecular weight excluding hydrogens is 246 g/mol. The second kappa shape index (κ2) is 6.58. The summed E-state index contributed by atoms with van der Waals surface area (Å²) in [6, 6.07) is 3.35. The Hall–Kier alpha value is -0.540. The van der Waals surface area contributed by atoms with Crippen molar-refractivity contribution in [2.75, 3.05) is 12.4 Å². The average molecular weight is 270 g/mol. The summed E-state index contributed by atoms with van der Waals surface area (Å²) in [6.07, 6.45) is 7.21. The highest BCUT2D eigenvalue weighted by molar-refractivity contribution is 6.17. The van der Waals surface area contributed by atoms with Gasteiger partial charge in [0.15, 0.2) is 0 Å². The van der Waals surface area contributed by atoms with E-state index in [9.17, 15) is 0 Å². The number of halogens is 1. The maximum atomic E-state index is 5.81. The highest BCUT2D eigenvalue weighted by atomic mass is 35.5. The van der Waals surface area contributed by atoms with Crippen LogP contribution in [0.15, 0.2) is 12.3 Å². The molecule has 1 aliphatic rings. The van der Waals surface area contributed by atoms with Crippen molar-refractivity contribution in [3.05, 3.63) is 18.0 Å². The van der Waals surface area contributed by atoms with E-state index < -0.39 is 0 Å². The second-order valence-electron chi connectivity index (χ2n) is 5.48. The molecular formula is C14H24ClN3. The predicted molar refractivity (Wildman–Crippen MR) is 76.0 cm³/mol. The highest BCUT2D eigenvalue weighted by Crippen LogP contribution is 2.26. The molecule has 1 aromatic heterocycles. The zero-order valence-electron chi connectivity index (χ0n) is 11.5. The minimum atomic E-state index is 0.443. The van der Waals surface area contributed by atoms with Gasteiger partial charge in [-0.2, -0.15) is 5.10 Å². The largest absolute Gasteiger partial charge is 0.294 e. The van der Waals surface area contributed by atoms with Crippen molar-refractivity contribution >= 4 is 11.6 Å².